The van der Waals surface area contributed by atoms with Gasteiger partial charge in [0.25, 0.3) is 0 Å². The number of methoxy groups -OCH3 is 1. The Hall–Kier alpha value is -2.55. The lowest BCUT2D eigenvalue weighted by atomic mass is 10.0. The van der Waals surface area contributed by atoms with Crippen LogP contribution >= 0.6 is 0 Å². The molecule has 0 bridgehead atoms. The van der Waals surface area contributed by atoms with Crippen LogP contribution in [0.1, 0.15) is 0 Å². The van der Waals surface area contributed by atoms with E-state index in [9.17, 15) is 4.79 Å². The highest BCUT2D eigenvalue weighted by molar-refractivity contribution is 5.84. The number of benzene rings is 2. The van der Waals surface area contributed by atoms with Gasteiger partial charge in [-0.15, -0.1) is 0 Å². The number of fused-ring (bicyclic) bond motifs is 1. The molecule has 1 N–H and O–H groups in total. The third-order valence-corrected chi connectivity index (χ3v) is 3.15. The first kappa shape index (κ1) is 11.5. The zero-order valence-electron chi connectivity index (χ0n) is 10.5. The Labute approximate surface area is 110 Å². The molecule has 2 aromatic carbocycles. The van der Waals surface area contributed by atoms with Gasteiger partial charge >= 0.3 is 0 Å². The van der Waals surface area contributed by atoms with Gasteiger partial charge in [-0.1, -0.05) is 18.2 Å². The van der Waals surface area contributed by atoms with Crippen LogP contribution in [-0.2, 0) is 0 Å². The number of ether oxygens (including phenoxy) is 1. The lowest BCUT2D eigenvalue weighted by Gasteiger charge is -2.05. The fourth-order valence-corrected chi connectivity index (χ4v) is 2.12. The molecule has 0 saturated heterocycles. The predicted octanol–water partition coefficient (Wildman–Crippen LogP) is 3.20. The van der Waals surface area contributed by atoms with Gasteiger partial charge in [0.15, 0.2) is 0 Å². The van der Waals surface area contributed by atoms with Crippen molar-refractivity contribution in [2.45, 2.75) is 0 Å². The second-order valence-corrected chi connectivity index (χ2v) is 4.35. The van der Waals surface area contributed by atoms with Crippen LogP contribution in [0, 0.1) is 0 Å². The third kappa shape index (κ3) is 2.22. The minimum Gasteiger partial charge on any atom is -0.497 e. The number of hydrogen-bond acceptors (Lipinski definition) is 2. The average molecular weight is 251 g/mol. The normalized spacial score (nSPS) is 10.6. The maximum Gasteiger partial charge on any atom is 0.248 e. The highest BCUT2D eigenvalue weighted by atomic mass is 16.5. The number of H-pyrrole nitrogens is 1. The van der Waals surface area contributed by atoms with Gasteiger partial charge in [0.2, 0.25) is 5.56 Å². The Morgan fingerprint density at radius 2 is 1.63 bits per heavy atom. The molecule has 0 aliphatic heterocycles. The van der Waals surface area contributed by atoms with E-state index in [-0.39, 0.29) is 5.56 Å². The summed E-state index contributed by atoms with van der Waals surface area (Å²) in [5, 5.41) is 1.02. The van der Waals surface area contributed by atoms with Crippen molar-refractivity contribution in [2.24, 2.45) is 0 Å². The molecule has 1 heterocycles. The number of aromatic amines is 1. The summed E-state index contributed by atoms with van der Waals surface area (Å²) in [5.74, 6) is 0.842. The molecule has 19 heavy (non-hydrogen) atoms. The Morgan fingerprint density at radius 1 is 0.895 bits per heavy atom. The van der Waals surface area contributed by atoms with E-state index in [0.717, 1.165) is 27.8 Å². The zero-order valence-corrected chi connectivity index (χ0v) is 10.5. The molecule has 3 heteroatoms. The Bertz CT molecular complexity index is 773. The summed E-state index contributed by atoms with van der Waals surface area (Å²) in [4.78, 5) is 14.1. The zero-order chi connectivity index (χ0) is 13.2. The second-order valence-electron chi connectivity index (χ2n) is 4.35. The van der Waals surface area contributed by atoms with Crippen LogP contribution in [0.15, 0.2) is 59.4 Å². The number of nitrogens with one attached hydrogen (secondary N) is 1. The van der Waals surface area contributed by atoms with Crippen molar-refractivity contribution >= 4 is 10.9 Å². The highest BCUT2D eigenvalue weighted by Crippen LogP contribution is 2.24. The fourth-order valence-electron chi connectivity index (χ4n) is 2.12. The molecule has 0 aliphatic rings. The van der Waals surface area contributed by atoms with Gasteiger partial charge in [0.05, 0.1) is 7.11 Å². The largest absolute Gasteiger partial charge is 0.497 e. The summed E-state index contributed by atoms with van der Waals surface area (Å²) < 4.78 is 5.15. The molecule has 0 atom stereocenters. The molecule has 1 aromatic heterocycles. The fraction of sp³-hybridized carbons (Fsp3) is 0.0625. The maximum absolute atomic E-state index is 11.2. The molecular weight excluding hydrogens is 238 g/mol. The maximum atomic E-state index is 11.2. The monoisotopic (exact) mass is 251 g/mol. The van der Waals surface area contributed by atoms with E-state index in [1.165, 1.54) is 0 Å². The van der Waals surface area contributed by atoms with Gasteiger partial charge in [-0.2, -0.15) is 0 Å². The van der Waals surface area contributed by atoms with Gasteiger partial charge in [0.1, 0.15) is 5.75 Å². The van der Waals surface area contributed by atoms with Crippen LogP contribution in [0.2, 0.25) is 0 Å². The van der Waals surface area contributed by atoms with E-state index < -0.39 is 0 Å². The van der Waals surface area contributed by atoms with Crippen molar-refractivity contribution < 1.29 is 4.74 Å². The molecule has 3 nitrogen and oxygen atoms in total. The van der Waals surface area contributed by atoms with E-state index in [1.54, 1.807) is 13.2 Å². The molecule has 3 aromatic rings. The Morgan fingerprint density at radius 3 is 2.37 bits per heavy atom. The van der Waals surface area contributed by atoms with Crippen LogP contribution in [0.5, 0.6) is 5.75 Å². The highest BCUT2D eigenvalue weighted by Gasteiger charge is 2.01. The van der Waals surface area contributed by atoms with Crippen molar-refractivity contribution in [1.29, 1.82) is 0 Å². The summed E-state index contributed by atoms with van der Waals surface area (Å²) in [7, 11) is 1.65. The Kier molecular flexibility index (Phi) is 2.80. The molecule has 94 valence electrons. The van der Waals surface area contributed by atoms with Gasteiger partial charge in [-0.25, -0.2) is 0 Å². The first-order valence-corrected chi connectivity index (χ1v) is 6.04. The van der Waals surface area contributed by atoms with Gasteiger partial charge in [-0.05, 0) is 46.8 Å². The number of pyridine rings is 1. The van der Waals surface area contributed by atoms with E-state index in [2.05, 4.69) is 11.1 Å². The van der Waals surface area contributed by atoms with Crippen molar-refractivity contribution in [3.05, 3.63) is 65.0 Å². The quantitative estimate of drug-likeness (QED) is 0.760. The second kappa shape index (κ2) is 4.61. The van der Waals surface area contributed by atoms with Crippen LogP contribution in [0.4, 0.5) is 0 Å². The minimum atomic E-state index is -0.0790. The Balaban J connectivity index is 2.09. The van der Waals surface area contributed by atoms with E-state index in [4.69, 9.17) is 4.74 Å². The molecule has 3 rings (SSSR count). The lowest BCUT2D eigenvalue weighted by molar-refractivity contribution is 0.415. The molecule has 0 fully saturated rings. The van der Waals surface area contributed by atoms with Crippen molar-refractivity contribution in [1.82, 2.24) is 4.98 Å². The van der Waals surface area contributed by atoms with Crippen molar-refractivity contribution in [3.8, 4) is 16.9 Å². The summed E-state index contributed by atoms with van der Waals surface area (Å²) in [6, 6.07) is 17.3. The van der Waals surface area contributed by atoms with Gasteiger partial charge in [0, 0.05) is 11.6 Å². The molecule has 0 saturated carbocycles. The number of rotatable bonds is 2. The molecule has 0 radical (unpaired) electrons. The average Bonchev–Trinajstić information content (AvgIpc) is 2.47. The molecular formula is C16H13NO2. The van der Waals surface area contributed by atoms with E-state index in [1.807, 2.05) is 42.5 Å². The first-order valence-electron chi connectivity index (χ1n) is 6.04. The summed E-state index contributed by atoms with van der Waals surface area (Å²) >= 11 is 0. The molecule has 0 unspecified atom stereocenters. The number of aromatic nitrogens is 1. The van der Waals surface area contributed by atoms with Crippen LogP contribution < -0.4 is 10.3 Å². The minimum absolute atomic E-state index is 0.0790. The molecule has 0 amide bonds. The van der Waals surface area contributed by atoms with Crippen molar-refractivity contribution in [3.63, 3.8) is 0 Å². The van der Waals surface area contributed by atoms with Crippen LogP contribution in [0.3, 0.4) is 0 Å². The molecule has 0 aliphatic carbocycles. The van der Waals surface area contributed by atoms with Gasteiger partial charge in [-0.3, -0.25) is 4.79 Å². The number of hydrogen-bond donors (Lipinski definition) is 1. The standard InChI is InChI=1S/C16H13NO2/c1-19-14-6-2-11(3-7-14)12-4-8-15-13(10-12)5-9-16(18)17-15/h2-10H,1H3,(H,17,18). The third-order valence-electron chi connectivity index (χ3n) is 3.15. The summed E-state index contributed by atoms with van der Waals surface area (Å²) in [6.45, 7) is 0. The predicted molar refractivity (Wildman–Crippen MR) is 76.6 cm³/mol. The van der Waals surface area contributed by atoms with E-state index >= 15 is 0 Å². The smallest absolute Gasteiger partial charge is 0.248 e. The molecule has 0 spiro atoms. The lowest BCUT2D eigenvalue weighted by Crippen LogP contribution is -2.01. The van der Waals surface area contributed by atoms with Gasteiger partial charge < -0.3 is 9.72 Å². The first-order chi connectivity index (χ1) is 9.26. The topological polar surface area (TPSA) is 42.1 Å². The van der Waals surface area contributed by atoms with Crippen LogP contribution in [-0.4, -0.2) is 12.1 Å². The van der Waals surface area contributed by atoms with E-state index in [0.29, 0.717) is 0 Å². The van der Waals surface area contributed by atoms with Crippen LogP contribution in [0.25, 0.3) is 22.0 Å². The summed E-state index contributed by atoms with van der Waals surface area (Å²) in [6.07, 6.45) is 0. The summed E-state index contributed by atoms with van der Waals surface area (Å²) in [5.41, 5.74) is 3.01. The van der Waals surface area contributed by atoms with Crippen molar-refractivity contribution in [2.75, 3.05) is 7.11 Å². The SMILES string of the molecule is COc1ccc(-c2ccc3[nH]c(=O)ccc3c2)cc1.